The van der Waals surface area contributed by atoms with E-state index in [4.69, 9.17) is 11.6 Å². The summed E-state index contributed by atoms with van der Waals surface area (Å²) in [6.07, 6.45) is 1.81. The Bertz CT molecular complexity index is 488. The first-order valence-corrected chi connectivity index (χ1v) is 5.92. The van der Waals surface area contributed by atoms with Crippen molar-refractivity contribution in [2.24, 2.45) is 7.05 Å². The fourth-order valence-corrected chi connectivity index (χ4v) is 2.48. The molecular formula is C9H9ClIN4. The van der Waals surface area contributed by atoms with E-state index in [2.05, 4.69) is 38.9 Å². The molecule has 0 bridgehead atoms. The van der Waals surface area contributed by atoms with E-state index in [9.17, 15) is 0 Å². The van der Waals surface area contributed by atoms with Gasteiger partial charge in [-0.3, -0.25) is 9.36 Å². The van der Waals surface area contributed by atoms with Crippen molar-refractivity contribution in [2.45, 2.75) is 13.5 Å². The molecule has 0 N–H and O–H groups in total. The van der Waals surface area contributed by atoms with E-state index in [1.54, 1.807) is 4.68 Å². The standard InChI is InChI=1S/C9H9ClIN4/c1-3-15-5-4-6(12-15)7-8(10)14(2)13-9(7)11/h5H,3H2,1-2H3. The average molecular weight is 336 g/mol. The number of aryl methyl sites for hydroxylation is 2. The summed E-state index contributed by atoms with van der Waals surface area (Å²) in [5.41, 5.74) is 1.60. The number of hydrogen-bond acceptors (Lipinski definition) is 2. The van der Waals surface area contributed by atoms with Gasteiger partial charge in [0, 0.05) is 25.9 Å². The SMILES string of the molecule is CCn1c[c]c(-c2c(I)nn(C)c2Cl)n1. The second-order valence-electron chi connectivity index (χ2n) is 3.06. The first kappa shape index (κ1) is 10.9. The minimum Gasteiger partial charge on any atom is -0.272 e. The number of nitrogens with zero attached hydrogens (tertiary/aromatic N) is 4. The van der Waals surface area contributed by atoms with E-state index in [0.717, 1.165) is 21.5 Å². The fraction of sp³-hybridized carbons (Fsp3) is 0.333. The molecule has 0 spiro atoms. The molecule has 4 nitrogen and oxygen atoms in total. The van der Waals surface area contributed by atoms with Gasteiger partial charge >= 0.3 is 0 Å². The summed E-state index contributed by atoms with van der Waals surface area (Å²) in [4.78, 5) is 0. The van der Waals surface area contributed by atoms with E-state index in [-0.39, 0.29) is 0 Å². The van der Waals surface area contributed by atoms with Crippen LogP contribution in [0.25, 0.3) is 11.3 Å². The van der Waals surface area contributed by atoms with Crippen LogP contribution in [0.5, 0.6) is 0 Å². The molecule has 15 heavy (non-hydrogen) atoms. The molecule has 0 aliphatic heterocycles. The summed E-state index contributed by atoms with van der Waals surface area (Å²) in [5.74, 6) is 0. The highest BCUT2D eigenvalue weighted by atomic mass is 127. The van der Waals surface area contributed by atoms with Crippen molar-refractivity contribution in [1.82, 2.24) is 19.6 Å². The van der Waals surface area contributed by atoms with Gasteiger partial charge in [0.05, 0.1) is 5.56 Å². The Morgan fingerprint density at radius 2 is 2.27 bits per heavy atom. The minimum atomic E-state index is 0.594. The maximum atomic E-state index is 6.13. The summed E-state index contributed by atoms with van der Waals surface area (Å²) in [7, 11) is 1.81. The zero-order valence-electron chi connectivity index (χ0n) is 8.33. The molecule has 0 aliphatic carbocycles. The molecule has 2 heterocycles. The molecule has 0 saturated carbocycles. The van der Waals surface area contributed by atoms with E-state index < -0.39 is 0 Å². The van der Waals surface area contributed by atoms with E-state index in [1.807, 2.05) is 24.9 Å². The lowest BCUT2D eigenvalue weighted by atomic mass is 10.3. The molecule has 0 atom stereocenters. The van der Waals surface area contributed by atoms with Gasteiger partial charge in [0.2, 0.25) is 0 Å². The smallest absolute Gasteiger partial charge is 0.137 e. The van der Waals surface area contributed by atoms with Gasteiger partial charge in [0.25, 0.3) is 0 Å². The van der Waals surface area contributed by atoms with Crippen LogP contribution < -0.4 is 0 Å². The summed E-state index contributed by atoms with van der Waals surface area (Å²) >= 11 is 8.27. The zero-order valence-corrected chi connectivity index (χ0v) is 11.2. The third-order valence-corrected chi connectivity index (χ3v) is 3.26. The number of rotatable bonds is 2. The van der Waals surface area contributed by atoms with Crippen molar-refractivity contribution in [1.29, 1.82) is 0 Å². The maximum Gasteiger partial charge on any atom is 0.137 e. The Kier molecular flexibility index (Phi) is 3.01. The van der Waals surface area contributed by atoms with Crippen LogP contribution in [0, 0.1) is 9.77 Å². The van der Waals surface area contributed by atoms with E-state index >= 15 is 0 Å². The largest absolute Gasteiger partial charge is 0.272 e. The normalized spacial score (nSPS) is 10.9. The number of aromatic nitrogens is 4. The first-order valence-electron chi connectivity index (χ1n) is 4.47. The summed E-state index contributed by atoms with van der Waals surface area (Å²) in [6.45, 7) is 2.85. The van der Waals surface area contributed by atoms with Crippen molar-refractivity contribution < 1.29 is 0 Å². The van der Waals surface area contributed by atoms with Crippen LogP contribution >= 0.6 is 34.2 Å². The topological polar surface area (TPSA) is 35.6 Å². The van der Waals surface area contributed by atoms with Gasteiger partial charge in [0.15, 0.2) is 0 Å². The van der Waals surface area contributed by atoms with Gasteiger partial charge in [0.1, 0.15) is 14.5 Å². The molecule has 0 saturated heterocycles. The minimum absolute atomic E-state index is 0.594. The fourth-order valence-electron chi connectivity index (χ4n) is 1.27. The highest BCUT2D eigenvalue weighted by molar-refractivity contribution is 14.1. The zero-order chi connectivity index (χ0) is 11.0. The third kappa shape index (κ3) is 1.90. The van der Waals surface area contributed by atoms with Crippen LogP contribution in [-0.4, -0.2) is 19.6 Å². The van der Waals surface area contributed by atoms with Gasteiger partial charge in [-0.25, -0.2) is 0 Å². The van der Waals surface area contributed by atoms with Crippen molar-refractivity contribution in [2.75, 3.05) is 0 Å². The third-order valence-electron chi connectivity index (χ3n) is 2.07. The maximum absolute atomic E-state index is 6.13. The van der Waals surface area contributed by atoms with Crippen LogP contribution in [0.2, 0.25) is 5.15 Å². The summed E-state index contributed by atoms with van der Waals surface area (Å²) < 4.78 is 4.30. The predicted molar refractivity (Wildman–Crippen MR) is 66.7 cm³/mol. The van der Waals surface area contributed by atoms with Gasteiger partial charge < -0.3 is 0 Å². The molecule has 0 fully saturated rings. The van der Waals surface area contributed by atoms with Gasteiger partial charge in [-0.2, -0.15) is 10.2 Å². The Morgan fingerprint density at radius 1 is 1.53 bits per heavy atom. The first-order chi connectivity index (χ1) is 7.13. The molecule has 2 aromatic rings. The Hall–Kier alpha value is -0.560. The van der Waals surface area contributed by atoms with Gasteiger partial charge in [-0.15, -0.1) is 0 Å². The molecule has 0 amide bonds. The Morgan fingerprint density at radius 3 is 2.73 bits per heavy atom. The molecule has 0 aliphatic rings. The van der Waals surface area contributed by atoms with Crippen LogP contribution in [0.1, 0.15) is 6.92 Å². The van der Waals surface area contributed by atoms with Gasteiger partial charge in [-0.1, -0.05) is 11.6 Å². The lowest BCUT2D eigenvalue weighted by molar-refractivity contribution is 0.662. The van der Waals surface area contributed by atoms with Crippen molar-refractivity contribution in [3.05, 3.63) is 21.1 Å². The predicted octanol–water partition coefficient (Wildman–Crippen LogP) is 2.36. The summed E-state index contributed by atoms with van der Waals surface area (Å²) in [5, 5.41) is 9.17. The second kappa shape index (κ2) is 4.13. The van der Waals surface area contributed by atoms with Crippen molar-refractivity contribution >= 4 is 34.2 Å². The molecule has 0 aromatic carbocycles. The number of halogens is 2. The molecule has 0 unspecified atom stereocenters. The highest BCUT2D eigenvalue weighted by Gasteiger charge is 2.16. The molecule has 2 rings (SSSR count). The van der Waals surface area contributed by atoms with Crippen LogP contribution in [0.4, 0.5) is 0 Å². The Labute approximate surface area is 106 Å². The molecule has 6 heteroatoms. The average Bonchev–Trinajstić information content (AvgIpc) is 2.74. The quantitative estimate of drug-likeness (QED) is 0.790. The Balaban J connectivity index is 2.53. The molecule has 2 aromatic heterocycles. The van der Waals surface area contributed by atoms with E-state index in [1.165, 1.54) is 0 Å². The van der Waals surface area contributed by atoms with Crippen LogP contribution in [0.3, 0.4) is 0 Å². The molecular weight excluding hydrogens is 326 g/mol. The molecule has 79 valence electrons. The summed E-state index contributed by atoms with van der Waals surface area (Å²) in [6, 6.07) is 3.08. The van der Waals surface area contributed by atoms with Crippen LogP contribution in [0.15, 0.2) is 6.20 Å². The van der Waals surface area contributed by atoms with Crippen molar-refractivity contribution in [3.63, 3.8) is 0 Å². The number of hydrogen-bond donors (Lipinski definition) is 0. The highest BCUT2D eigenvalue weighted by Crippen LogP contribution is 2.30. The monoisotopic (exact) mass is 335 g/mol. The lowest BCUT2D eigenvalue weighted by Crippen LogP contribution is -1.94. The van der Waals surface area contributed by atoms with E-state index in [0.29, 0.717) is 5.15 Å². The van der Waals surface area contributed by atoms with Gasteiger partial charge in [-0.05, 0) is 29.5 Å². The van der Waals surface area contributed by atoms with Crippen LogP contribution in [-0.2, 0) is 13.6 Å². The lowest BCUT2D eigenvalue weighted by Gasteiger charge is -1.95. The van der Waals surface area contributed by atoms with Crippen molar-refractivity contribution in [3.8, 4) is 11.3 Å². The second-order valence-corrected chi connectivity index (χ2v) is 4.44. The molecule has 1 radical (unpaired) electrons.